The van der Waals surface area contributed by atoms with E-state index in [1.807, 2.05) is 13.0 Å². The highest BCUT2D eigenvalue weighted by Crippen LogP contribution is 2.07. The molecule has 1 aromatic rings. The summed E-state index contributed by atoms with van der Waals surface area (Å²) in [5.74, 6) is 0.771. The van der Waals surface area contributed by atoms with Crippen LogP contribution in [-0.2, 0) is 21.4 Å². The van der Waals surface area contributed by atoms with E-state index in [4.69, 9.17) is 9.15 Å². The molecular weight excluding hydrogens is 256 g/mol. The molecule has 1 saturated heterocycles. The van der Waals surface area contributed by atoms with Gasteiger partial charge in [0.25, 0.3) is 10.2 Å². The zero-order valence-electron chi connectivity index (χ0n) is 10.3. The number of furan rings is 1. The fourth-order valence-electron chi connectivity index (χ4n) is 1.89. The minimum atomic E-state index is -3.42. The second-order valence-electron chi connectivity index (χ2n) is 4.32. The normalized spacial score (nSPS) is 19.8. The van der Waals surface area contributed by atoms with Crippen molar-refractivity contribution in [3.8, 4) is 0 Å². The Morgan fingerprint density at radius 1 is 1.44 bits per heavy atom. The number of ether oxygens (including phenoxy) is 1. The highest BCUT2D eigenvalue weighted by molar-refractivity contribution is 7.87. The lowest BCUT2D eigenvalue weighted by Crippen LogP contribution is -2.49. The van der Waals surface area contributed by atoms with E-state index < -0.39 is 10.2 Å². The Balaban J connectivity index is 1.90. The Bertz CT molecular complexity index is 451. The van der Waals surface area contributed by atoms with Gasteiger partial charge in [-0.25, -0.2) is 0 Å². The van der Waals surface area contributed by atoms with Gasteiger partial charge in [0.05, 0.1) is 19.5 Å². The van der Waals surface area contributed by atoms with Crippen LogP contribution in [-0.4, -0.2) is 45.1 Å². The molecule has 2 rings (SSSR count). The van der Waals surface area contributed by atoms with Crippen LogP contribution < -0.4 is 4.72 Å². The summed E-state index contributed by atoms with van der Waals surface area (Å²) in [6, 6.07) is 3.42. The molecule has 0 amide bonds. The predicted octanol–water partition coefficient (Wildman–Crippen LogP) is 0.377. The maximum atomic E-state index is 12.1. The number of nitrogens with one attached hydrogen (secondary N) is 1. The fraction of sp³-hybridized carbons (Fsp3) is 0.636. The van der Waals surface area contributed by atoms with Crippen LogP contribution in [0.25, 0.3) is 0 Å². The van der Waals surface area contributed by atoms with E-state index in [1.165, 1.54) is 4.31 Å². The van der Waals surface area contributed by atoms with Crippen molar-refractivity contribution >= 4 is 10.2 Å². The van der Waals surface area contributed by atoms with Crippen LogP contribution in [0.2, 0.25) is 0 Å². The lowest BCUT2D eigenvalue weighted by Gasteiger charge is -2.27. The Hall–Kier alpha value is -0.890. The molecule has 1 fully saturated rings. The van der Waals surface area contributed by atoms with Gasteiger partial charge in [0.15, 0.2) is 0 Å². The van der Waals surface area contributed by atoms with Crippen molar-refractivity contribution in [1.29, 1.82) is 0 Å². The molecule has 1 N–H and O–H groups in total. The molecule has 0 saturated carbocycles. The van der Waals surface area contributed by atoms with Crippen molar-refractivity contribution in [3.05, 3.63) is 24.2 Å². The molecule has 2 heterocycles. The molecule has 1 aromatic heterocycles. The van der Waals surface area contributed by atoms with Crippen LogP contribution in [0.5, 0.6) is 0 Å². The molecule has 6 nitrogen and oxygen atoms in total. The maximum Gasteiger partial charge on any atom is 0.279 e. The largest absolute Gasteiger partial charge is 0.469 e. The molecule has 1 aliphatic rings. The first-order valence-corrected chi connectivity index (χ1v) is 7.39. The molecule has 0 aliphatic carbocycles. The van der Waals surface area contributed by atoms with Gasteiger partial charge in [0, 0.05) is 25.6 Å². The van der Waals surface area contributed by atoms with Crippen LogP contribution >= 0.6 is 0 Å². The quantitative estimate of drug-likeness (QED) is 0.842. The van der Waals surface area contributed by atoms with Gasteiger partial charge in [-0.2, -0.15) is 17.4 Å². The smallest absolute Gasteiger partial charge is 0.279 e. The first-order valence-electron chi connectivity index (χ1n) is 5.95. The zero-order valence-corrected chi connectivity index (χ0v) is 11.1. The summed E-state index contributed by atoms with van der Waals surface area (Å²) >= 11 is 0. The topological polar surface area (TPSA) is 71.8 Å². The third kappa shape index (κ3) is 3.55. The van der Waals surface area contributed by atoms with Crippen molar-refractivity contribution in [1.82, 2.24) is 9.03 Å². The highest BCUT2D eigenvalue weighted by atomic mass is 32.2. The molecule has 1 aliphatic heterocycles. The SMILES string of the molecule is C[C@@H](Cc1ccco1)NS(=O)(=O)N1CCOCC1. The number of hydrogen-bond acceptors (Lipinski definition) is 4. The molecule has 0 radical (unpaired) electrons. The first kappa shape index (κ1) is 13.5. The Labute approximate surface area is 107 Å². The monoisotopic (exact) mass is 274 g/mol. The first-order chi connectivity index (χ1) is 8.58. The predicted molar refractivity (Wildman–Crippen MR) is 66.3 cm³/mol. The van der Waals surface area contributed by atoms with E-state index in [0.29, 0.717) is 32.7 Å². The van der Waals surface area contributed by atoms with Crippen LogP contribution in [0.3, 0.4) is 0 Å². The lowest BCUT2D eigenvalue weighted by atomic mass is 10.2. The molecule has 18 heavy (non-hydrogen) atoms. The fourth-order valence-corrected chi connectivity index (χ4v) is 3.26. The lowest BCUT2D eigenvalue weighted by molar-refractivity contribution is 0.0723. The average molecular weight is 274 g/mol. The average Bonchev–Trinajstić information content (AvgIpc) is 2.82. The zero-order chi connectivity index (χ0) is 13.0. The van der Waals surface area contributed by atoms with Crippen molar-refractivity contribution in [3.63, 3.8) is 0 Å². The Morgan fingerprint density at radius 2 is 2.17 bits per heavy atom. The van der Waals surface area contributed by atoms with Crippen molar-refractivity contribution < 1.29 is 17.6 Å². The van der Waals surface area contributed by atoms with Crippen molar-refractivity contribution in [2.45, 2.75) is 19.4 Å². The summed E-state index contributed by atoms with van der Waals surface area (Å²) in [4.78, 5) is 0. The maximum absolute atomic E-state index is 12.1. The van der Waals surface area contributed by atoms with E-state index in [9.17, 15) is 8.42 Å². The van der Waals surface area contributed by atoms with Gasteiger partial charge in [-0.3, -0.25) is 0 Å². The number of rotatable bonds is 5. The molecule has 102 valence electrons. The summed E-state index contributed by atoms with van der Waals surface area (Å²) in [5.41, 5.74) is 0. The van der Waals surface area contributed by atoms with E-state index in [2.05, 4.69) is 4.72 Å². The summed E-state index contributed by atoms with van der Waals surface area (Å²) in [6.45, 7) is 3.53. The summed E-state index contributed by atoms with van der Waals surface area (Å²) in [6.07, 6.45) is 2.12. The third-order valence-electron chi connectivity index (χ3n) is 2.75. The number of morpholine rings is 1. The number of nitrogens with zero attached hydrogens (tertiary/aromatic N) is 1. The highest BCUT2D eigenvalue weighted by Gasteiger charge is 2.25. The summed E-state index contributed by atoms with van der Waals surface area (Å²) in [5, 5.41) is 0. The van der Waals surface area contributed by atoms with Crippen LogP contribution in [0.4, 0.5) is 0 Å². The standard InChI is InChI=1S/C11H18N2O4S/c1-10(9-11-3-2-6-17-11)12-18(14,15)13-4-7-16-8-5-13/h2-3,6,10,12H,4-5,7-9H2,1H3/t10-/m0/s1. The summed E-state index contributed by atoms with van der Waals surface area (Å²) < 4.78 is 38.5. The molecule has 1 atom stereocenters. The van der Waals surface area contributed by atoms with Crippen molar-refractivity contribution in [2.75, 3.05) is 26.3 Å². The third-order valence-corrected chi connectivity index (χ3v) is 4.49. The van der Waals surface area contributed by atoms with Gasteiger partial charge in [-0.1, -0.05) is 0 Å². The van der Waals surface area contributed by atoms with E-state index in [1.54, 1.807) is 12.3 Å². The molecule has 0 aromatic carbocycles. The van der Waals surface area contributed by atoms with Gasteiger partial charge >= 0.3 is 0 Å². The minimum Gasteiger partial charge on any atom is -0.469 e. The summed E-state index contributed by atoms with van der Waals surface area (Å²) in [7, 11) is -3.42. The molecule has 7 heteroatoms. The van der Waals surface area contributed by atoms with Crippen molar-refractivity contribution in [2.24, 2.45) is 0 Å². The van der Waals surface area contributed by atoms with E-state index >= 15 is 0 Å². The Kier molecular flexibility index (Phi) is 4.39. The van der Waals surface area contributed by atoms with E-state index in [0.717, 1.165) is 5.76 Å². The van der Waals surface area contributed by atoms with E-state index in [-0.39, 0.29) is 6.04 Å². The molecular formula is C11H18N2O4S. The van der Waals surface area contributed by atoms with Gasteiger partial charge < -0.3 is 9.15 Å². The van der Waals surface area contributed by atoms with Gasteiger partial charge in [0.1, 0.15) is 5.76 Å². The van der Waals surface area contributed by atoms with Crippen LogP contribution in [0.15, 0.2) is 22.8 Å². The molecule has 0 bridgehead atoms. The minimum absolute atomic E-state index is 0.205. The molecule has 0 spiro atoms. The van der Waals surface area contributed by atoms with Crippen LogP contribution in [0, 0.1) is 0 Å². The van der Waals surface area contributed by atoms with Gasteiger partial charge in [-0.15, -0.1) is 0 Å². The van der Waals surface area contributed by atoms with Gasteiger partial charge in [0.2, 0.25) is 0 Å². The second kappa shape index (κ2) is 5.83. The molecule has 0 unspecified atom stereocenters. The second-order valence-corrected chi connectivity index (χ2v) is 6.02. The van der Waals surface area contributed by atoms with Crippen LogP contribution in [0.1, 0.15) is 12.7 Å². The van der Waals surface area contributed by atoms with Gasteiger partial charge in [-0.05, 0) is 19.1 Å². The Morgan fingerprint density at radius 3 is 2.78 bits per heavy atom. The number of hydrogen-bond donors (Lipinski definition) is 1.